The Balaban J connectivity index is 0.745. The highest BCUT2D eigenvalue weighted by atomic mass is 79.9. The minimum absolute atomic E-state index is 0.184. The maximum Gasteiger partial charge on any atom is 0.420 e. The molecule has 2 amide bonds. The van der Waals surface area contributed by atoms with Crippen LogP contribution in [0.5, 0.6) is 5.75 Å². The number of oxazole rings is 1. The molecule has 1 atom stereocenters. The molecule has 3 aromatic heterocycles. The molecule has 19 nitrogen and oxygen atoms in total. The number of para-hydroxylation sites is 1. The summed E-state index contributed by atoms with van der Waals surface area (Å²) in [5, 5.41) is 14.9. The van der Waals surface area contributed by atoms with Gasteiger partial charge in [0.05, 0.1) is 45.2 Å². The molecule has 4 fully saturated rings. The van der Waals surface area contributed by atoms with Gasteiger partial charge in [-0.2, -0.15) is 10.1 Å². The smallest absolute Gasteiger partial charge is 0.420 e. The Morgan fingerprint density at radius 3 is 2.38 bits per heavy atom. The summed E-state index contributed by atoms with van der Waals surface area (Å²) in [5.41, 5.74) is 5.37. The predicted molar refractivity (Wildman–Crippen MR) is 280 cm³/mol. The number of rotatable bonds is 14. The normalized spacial score (nSPS) is 18.8. The molecule has 0 bridgehead atoms. The highest BCUT2D eigenvalue weighted by molar-refractivity contribution is 9.10. The first kappa shape index (κ1) is 48.5. The second-order valence-corrected chi connectivity index (χ2v) is 23.4. The number of imide groups is 1. The summed E-state index contributed by atoms with van der Waals surface area (Å²) in [7, 11) is -1.31. The largest absolute Gasteiger partial charge is 0.492 e. The van der Waals surface area contributed by atoms with Gasteiger partial charge in [-0.15, -0.1) is 0 Å². The molecule has 0 radical (unpaired) electrons. The number of halogens is 1. The number of piperazine rings is 1. The molecular formula is C50H60BrN12O7P. The molecule has 7 heterocycles. The van der Waals surface area contributed by atoms with E-state index in [1.165, 1.54) is 20.5 Å². The van der Waals surface area contributed by atoms with Crippen molar-refractivity contribution in [2.75, 3.05) is 99.3 Å². The number of nitrogens with one attached hydrogen (secondary N) is 3. The number of hydrogen-bond acceptors (Lipinski definition) is 16. The van der Waals surface area contributed by atoms with Gasteiger partial charge in [0.2, 0.25) is 17.8 Å². The summed E-state index contributed by atoms with van der Waals surface area (Å²) in [6.07, 6.45) is 6.69. The molecule has 4 saturated heterocycles. The van der Waals surface area contributed by atoms with E-state index < -0.39 is 24.8 Å². The quantitative estimate of drug-likeness (QED) is 0.0872. The lowest BCUT2D eigenvalue weighted by molar-refractivity contribution is -0.135. The minimum Gasteiger partial charge on any atom is -0.492 e. The minimum atomic E-state index is -2.90. The average Bonchev–Trinajstić information content (AvgIpc) is 3.68. The van der Waals surface area contributed by atoms with E-state index in [9.17, 15) is 23.7 Å². The molecule has 21 heteroatoms. The van der Waals surface area contributed by atoms with Crippen LogP contribution in [0, 0.1) is 5.92 Å². The van der Waals surface area contributed by atoms with Gasteiger partial charge < -0.3 is 39.1 Å². The number of ether oxygens (including phenoxy) is 1. The number of aryl methyl sites for hydroxylation is 2. The van der Waals surface area contributed by atoms with Crippen molar-refractivity contribution < 1.29 is 23.3 Å². The SMILES string of the molecule is CCOc1cc(N2CCC(N3CCN(CC4CN(c5cccc6c5oc(=O)n6C5CCC(=O)NC5=O)C4)CC3)CC2)c(CC)cc1Nc1ncc(Br)c(Nc2ccc3c(=O)n(C)ncc3c2P(C)(C)=O)n1. The first-order chi connectivity index (χ1) is 34.2. The Morgan fingerprint density at radius 2 is 1.66 bits per heavy atom. The fourth-order valence-corrected chi connectivity index (χ4v) is 12.6. The van der Waals surface area contributed by atoms with Gasteiger partial charge in [-0.3, -0.25) is 29.2 Å². The zero-order valence-corrected chi connectivity index (χ0v) is 43.2. The molecular weight excluding hydrogens is 992 g/mol. The van der Waals surface area contributed by atoms with E-state index >= 15 is 0 Å². The van der Waals surface area contributed by atoms with Crippen LogP contribution in [0.15, 0.2) is 73.3 Å². The van der Waals surface area contributed by atoms with Crippen LogP contribution in [0.3, 0.4) is 0 Å². The number of nitrogens with zero attached hydrogens (tertiary/aromatic N) is 9. The molecule has 4 aliphatic rings. The van der Waals surface area contributed by atoms with Crippen LogP contribution in [-0.4, -0.2) is 131 Å². The molecule has 3 N–H and O–H groups in total. The second kappa shape index (κ2) is 19.8. The number of aromatic nitrogens is 5. The van der Waals surface area contributed by atoms with E-state index in [-0.39, 0.29) is 24.3 Å². The van der Waals surface area contributed by atoms with E-state index in [1.54, 1.807) is 51.0 Å². The van der Waals surface area contributed by atoms with Crippen molar-refractivity contribution >= 4 is 96.6 Å². The predicted octanol–water partition coefficient (Wildman–Crippen LogP) is 5.79. The number of piperidine rings is 2. The van der Waals surface area contributed by atoms with E-state index in [4.69, 9.17) is 14.1 Å². The van der Waals surface area contributed by atoms with Crippen molar-refractivity contribution in [2.24, 2.45) is 13.0 Å². The highest BCUT2D eigenvalue weighted by Gasteiger charge is 2.36. The molecule has 0 spiro atoms. The van der Waals surface area contributed by atoms with Crippen LogP contribution >= 0.6 is 23.1 Å². The number of carbonyl (C=O) groups excluding carboxylic acids is 2. The third-order valence-corrected chi connectivity index (χ3v) is 16.6. The van der Waals surface area contributed by atoms with E-state index in [0.29, 0.717) is 73.4 Å². The zero-order valence-electron chi connectivity index (χ0n) is 40.7. The third kappa shape index (κ3) is 9.70. The fraction of sp³-hybridized carbons (Fsp3) is 0.460. The summed E-state index contributed by atoms with van der Waals surface area (Å²) in [5.74, 6) is 0.649. The molecule has 3 aromatic carbocycles. The molecule has 10 rings (SSSR count). The Morgan fingerprint density at radius 1 is 0.887 bits per heavy atom. The zero-order chi connectivity index (χ0) is 49.7. The van der Waals surface area contributed by atoms with Crippen molar-refractivity contribution in [2.45, 2.75) is 58.0 Å². The molecule has 0 saturated carbocycles. The molecule has 374 valence electrons. The topological polar surface area (TPSA) is 205 Å². The number of carbonyl (C=O) groups is 2. The summed E-state index contributed by atoms with van der Waals surface area (Å²) >= 11 is 3.60. The molecule has 1 unspecified atom stereocenters. The number of benzene rings is 3. The van der Waals surface area contributed by atoms with Crippen LogP contribution < -0.4 is 47.1 Å². The summed E-state index contributed by atoms with van der Waals surface area (Å²) < 4.78 is 29.0. The van der Waals surface area contributed by atoms with Crippen LogP contribution in [0.1, 0.15) is 51.1 Å². The number of amides is 2. The Hall–Kier alpha value is -6.08. The standard InChI is InChI=1S/C50H60BrN12O7P/c1-6-31-23-37(55-49-52-26-35(51)46(57-49)54-36-12-11-33-34(45(36)71(4,5)68)25-53-58(3)48(33)66)42(69-7-2)24-41(31)61-17-15-32(16-18-61)60-21-19-59(20-22-60)27-30-28-62(29-30)38-9-8-10-39-44(38)70-50(67)63(39)40-13-14-43(64)56-47(40)65/h8-12,23-26,30,32,40H,6-7,13-22,27-29H2,1-5H3,(H,56,64,65)(H2,52,54,55,57). The van der Waals surface area contributed by atoms with E-state index in [0.717, 1.165) is 89.5 Å². The van der Waals surface area contributed by atoms with Gasteiger partial charge in [-0.1, -0.05) is 13.0 Å². The van der Waals surface area contributed by atoms with Gasteiger partial charge in [-0.25, -0.2) is 14.5 Å². The lowest BCUT2D eigenvalue weighted by Crippen LogP contribution is -2.57. The monoisotopic (exact) mass is 1050 g/mol. The van der Waals surface area contributed by atoms with Crippen LogP contribution in [-0.2, 0) is 27.6 Å². The number of anilines is 6. The summed E-state index contributed by atoms with van der Waals surface area (Å²) in [4.78, 5) is 69.7. The summed E-state index contributed by atoms with van der Waals surface area (Å²) in [6.45, 7) is 16.8. The average molecular weight is 1050 g/mol. The fourth-order valence-electron chi connectivity index (χ4n) is 10.8. The van der Waals surface area contributed by atoms with Crippen molar-refractivity contribution in [1.82, 2.24) is 39.4 Å². The van der Waals surface area contributed by atoms with Crippen LogP contribution in [0.2, 0.25) is 0 Å². The molecule has 6 aromatic rings. The lowest BCUT2D eigenvalue weighted by atomic mass is 9.97. The summed E-state index contributed by atoms with van der Waals surface area (Å²) in [6, 6.07) is 13.2. The number of hydrogen-bond donors (Lipinski definition) is 3. The van der Waals surface area contributed by atoms with Gasteiger partial charge in [0.1, 0.15) is 24.8 Å². The Labute approximate surface area is 419 Å². The maximum absolute atomic E-state index is 13.7. The molecule has 4 aliphatic heterocycles. The Bertz CT molecular complexity index is 3200. The second-order valence-electron chi connectivity index (χ2n) is 19.4. The molecule has 0 aliphatic carbocycles. The van der Waals surface area contributed by atoms with Crippen molar-refractivity contribution in [1.29, 1.82) is 0 Å². The van der Waals surface area contributed by atoms with Crippen LogP contribution in [0.25, 0.3) is 21.9 Å². The Kier molecular flexibility index (Phi) is 13.6. The molecule has 71 heavy (non-hydrogen) atoms. The highest BCUT2D eigenvalue weighted by Crippen LogP contribution is 2.42. The third-order valence-electron chi connectivity index (χ3n) is 14.4. The van der Waals surface area contributed by atoms with Gasteiger partial charge in [0, 0.05) is 113 Å². The van der Waals surface area contributed by atoms with Gasteiger partial charge >= 0.3 is 5.76 Å². The lowest BCUT2D eigenvalue weighted by Gasteiger charge is -2.46. The van der Waals surface area contributed by atoms with Gasteiger partial charge in [0.25, 0.3) is 5.56 Å². The van der Waals surface area contributed by atoms with Crippen LogP contribution in [0.4, 0.5) is 34.5 Å². The maximum atomic E-state index is 13.7. The van der Waals surface area contributed by atoms with E-state index in [2.05, 4.69) is 80.6 Å². The van der Waals surface area contributed by atoms with Gasteiger partial charge in [-0.05, 0) is 97.8 Å². The van der Waals surface area contributed by atoms with Crippen molar-refractivity contribution in [3.63, 3.8) is 0 Å². The first-order valence-corrected chi connectivity index (χ1v) is 27.9. The van der Waals surface area contributed by atoms with E-state index in [1.807, 2.05) is 19.1 Å². The van der Waals surface area contributed by atoms with Crippen molar-refractivity contribution in [3.8, 4) is 5.75 Å². The van der Waals surface area contributed by atoms with Gasteiger partial charge in [0.15, 0.2) is 5.58 Å². The number of fused-ring (bicyclic) bond motifs is 2. The first-order valence-electron chi connectivity index (χ1n) is 24.5. The van der Waals surface area contributed by atoms with Crippen molar-refractivity contribution in [3.05, 3.63) is 85.8 Å².